The van der Waals surface area contributed by atoms with Gasteiger partial charge in [-0.3, -0.25) is 0 Å². The number of benzene rings is 1. The summed E-state index contributed by atoms with van der Waals surface area (Å²) in [5.74, 6) is 0. The molecule has 16 heavy (non-hydrogen) atoms. The Morgan fingerprint density at radius 3 is 2.69 bits per heavy atom. The Balaban J connectivity index is 2.23. The SMILES string of the molecule is Cc1ccc(Cl)c(NCCCCCCO)c1. The summed E-state index contributed by atoms with van der Waals surface area (Å²) in [6.07, 6.45) is 4.27. The van der Waals surface area contributed by atoms with E-state index in [4.69, 9.17) is 16.7 Å². The van der Waals surface area contributed by atoms with E-state index in [1.807, 2.05) is 12.1 Å². The molecule has 0 aliphatic heterocycles. The second-order valence-corrected chi connectivity index (χ2v) is 4.46. The van der Waals surface area contributed by atoms with Crippen molar-refractivity contribution >= 4 is 17.3 Å². The molecule has 3 heteroatoms. The molecular weight excluding hydrogens is 222 g/mol. The summed E-state index contributed by atoms with van der Waals surface area (Å²) in [6, 6.07) is 6.00. The molecule has 0 atom stereocenters. The van der Waals surface area contributed by atoms with Gasteiger partial charge in [-0.2, -0.15) is 0 Å². The second kappa shape index (κ2) is 7.53. The summed E-state index contributed by atoms with van der Waals surface area (Å²) < 4.78 is 0. The average Bonchev–Trinajstić information content (AvgIpc) is 2.28. The Hall–Kier alpha value is -0.730. The first-order chi connectivity index (χ1) is 7.74. The van der Waals surface area contributed by atoms with Crippen LogP contribution in [0.5, 0.6) is 0 Å². The molecule has 0 radical (unpaired) electrons. The predicted molar refractivity (Wildman–Crippen MR) is 70.2 cm³/mol. The third-order valence-electron chi connectivity index (χ3n) is 2.52. The molecule has 0 unspecified atom stereocenters. The van der Waals surface area contributed by atoms with Gasteiger partial charge in [0.25, 0.3) is 0 Å². The van der Waals surface area contributed by atoms with E-state index >= 15 is 0 Å². The van der Waals surface area contributed by atoms with Crippen molar-refractivity contribution in [2.45, 2.75) is 32.6 Å². The van der Waals surface area contributed by atoms with Crippen molar-refractivity contribution in [1.29, 1.82) is 0 Å². The molecular formula is C13H20ClNO. The summed E-state index contributed by atoms with van der Waals surface area (Å²) >= 11 is 6.06. The Bertz CT molecular complexity index is 315. The molecule has 0 bridgehead atoms. The minimum Gasteiger partial charge on any atom is -0.396 e. The zero-order valence-corrected chi connectivity index (χ0v) is 10.6. The van der Waals surface area contributed by atoms with Crippen LogP contribution in [0.1, 0.15) is 31.2 Å². The van der Waals surface area contributed by atoms with E-state index < -0.39 is 0 Å². The Kier molecular flexibility index (Phi) is 6.27. The van der Waals surface area contributed by atoms with Crippen molar-refractivity contribution < 1.29 is 5.11 Å². The van der Waals surface area contributed by atoms with E-state index in [2.05, 4.69) is 18.3 Å². The molecule has 1 rings (SSSR count). The zero-order chi connectivity index (χ0) is 11.8. The number of halogens is 1. The number of rotatable bonds is 7. The molecule has 1 aromatic carbocycles. The van der Waals surface area contributed by atoms with E-state index in [1.54, 1.807) is 0 Å². The fraction of sp³-hybridized carbons (Fsp3) is 0.538. The minimum atomic E-state index is 0.303. The van der Waals surface area contributed by atoms with Gasteiger partial charge in [-0.05, 0) is 37.5 Å². The number of unbranched alkanes of at least 4 members (excludes halogenated alkanes) is 3. The van der Waals surface area contributed by atoms with E-state index in [0.717, 1.165) is 42.9 Å². The highest BCUT2D eigenvalue weighted by molar-refractivity contribution is 6.33. The van der Waals surface area contributed by atoms with E-state index in [-0.39, 0.29) is 0 Å². The van der Waals surface area contributed by atoms with Gasteiger partial charge >= 0.3 is 0 Å². The van der Waals surface area contributed by atoms with Crippen molar-refractivity contribution in [3.63, 3.8) is 0 Å². The maximum atomic E-state index is 8.63. The van der Waals surface area contributed by atoms with Crippen molar-refractivity contribution in [2.75, 3.05) is 18.5 Å². The molecule has 2 nitrogen and oxygen atoms in total. The summed E-state index contributed by atoms with van der Waals surface area (Å²) in [7, 11) is 0. The van der Waals surface area contributed by atoms with Crippen molar-refractivity contribution in [2.24, 2.45) is 0 Å². The lowest BCUT2D eigenvalue weighted by Gasteiger charge is -2.09. The van der Waals surface area contributed by atoms with Crippen LogP contribution in [0, 0.1) is 6.92 Å². The molecule has 0 amide bonds. The molecule has 2 N–H and O–H groups in total. The quantitative estimate of drug-likeness (QED) is 0.715. The Morgan fingerprint density at radius 1 is 1.19 bits per heavy atom. The lowest BCUT2D eigenvalue weighted by atomic mass is 10.2. The summed E-state index contributed by atoms with van der Waals surface area (Å²) in [5.41, 5.74) is 2.23. The van der Waals surface area contributed by atoms with Crippen LogP contribution in [0.4, 0.5) is 5.69 Å². The van der Waals surface area contributed by atoms with Gasteiger partial charge in [0.05, 0.1) is 10.7 Å². The van der Waals surface area contributed by atoms with E-state index in [1.165, 1.54) is 5.56 Å². The van der Waals surface area contributed by atoms with Crippen LogP contribution in [0.15, 0.2) is 18.2 Å². The first-order valence-electron chi connectivity index (χ1n) is 5.85. The Labute approximate surface area is 103 Å². The van der Waals surface area contributed by atoms with Gasteiger partial charge in [0.15, 0.2) is 0 Å². The second-order valence-electron chi connectivity index (χ2n) is 4.05. The molecule has 90 valence electrons. The highest BCUT2D eigenvalue weighted by Gasteiger charge is 1.99. The molecule has 0 spiro atoms. The number of hydrogen-bond acceptors (Lipinski definition) is 2. The zero-order valence-electron chi connectivity index (χ0n) is 9.80. The first kappa shape index (κ1) is 13.3. The standard InChI is InChI=1S/C13H20ClNO/c1-11-6-7-12(14)13(10-11)15-8-4-2-3-5-9-16/h6-7,10,15-16H,2-5,8-9H2,1H3. The lowest BCUT2D eigenvalue weighted by Crippen LogP contribution is -2.02. The fourth-order valence-corrected chi connectivity index (χ4v) is 1.77. The normalized spacial score (nSPS) is 10.4. The van der Waals surface area contributed by atoms with Gasteiger partial charge in [-0.25, -0.2) is 0 Å². The third kappa shape index (κ3) is 4.86. The van der Waals surface area contributed by atoms with Gasteiger partial charge in [0.1, 0.15) is 0 Å². The van der Waals surface area contributed by atoms with Crippen LogP contribution in [-0.2, 0) is 0 Å². The van der Waals surface area contributed by atoms with E-state index in [9.17, 15) is 0 Å². The first-order valence-corrected chi connectivity index (χ1v) is 6.22. The number of aryl methyl sites for hydroxylation is 1. The van der Waals surface area contributed by atoms with Crippen LogP contribution in [0.25, 0.3) is 0 Å². The van der Waals surface area contributed by atoms with Crippen molar-refractivity contribution in [3.05, 3.63) is 28.8 Å². The van der Waals surface area contributed by atoms with Crippen LogP contribution in [0.2, 0.25) is 5.02 Å². The number of aliphatic hydroxyl groups excluding tert-OH is 1. The summed E-state index contributed by atoms with van der Waals surface area (Å²) in [4.78, 5) is 0. The van der Waals surface area contributed by atoms with Gasteiger partial charge < -0.3 is 10.4 Å². The molecule has 0 saturated heterocycles. The van der Waals surface area contributed by atoms with Crippen molar-refractivity contribution in [3.8, 4) is 0 Å². The van der Waals surface area contributed by atoms with Crippen LogP contribution >= 0.6 is 11.6 Å². The molecule has 0 fully saturated rings. The number of nitrogens with one attached hydrogen (secondary N) is 1. The molecule has 0 saturated carbocycles. The third-order valence-corrected chi connectivity index (χ3v) is 2.85. The van der Waals surface area contributed by atoms with Gasteiger partial charge in [-0.1, -0.05) is 30.5 Å². The maximum Gasteiger partial charge on any atom is 0.0637 e. The summed E-state index contributed by atoms with van der Waals surface area (Å²) in [6.45, 7) is 3.30. The topological polar surface area (TPSA) is 32.3 Å². The highest BCUT2D eigenvalue weighted by Crippen LogP contribution is 2.22. The minimum absolute atomic E-state index is 0.303. The monoisotopic (exact) mass is 241 g/mol. The molecule has 1 aromatic rings. The van der Waals surface area contributed by atoms with E-state index in [0.29, 0.717) is 6.61 Å². The number of aliphatic hydroxyl groups is 1. The Morgan fingerprint density at radius 2 is 1.94 bits per heavy atom. The molecule has 0 aromatic heterocycles. The van der Waals surface area contributed by atoms with Crippen molar-refractivity contribution in [1.82, 2.24) is 0 Å². The van der Waals surface area contributed by atoms with Gasteiger partial charge in [0.2, 0.25) is 0 Å². The molecule has 0 aliphatic rings. The number of hydrogen-bond donors (Lipinski definition) is 2. The average molecular weight is 242 g/mol. The van der Waals surface area contributed by atoms with Crippen LogP contribution < -0.4 is 5.32 Å². The molecule has 0 aliphatic carbocycles. The number of anilines is 1. The highest BCUT2D eigenvalue weighted by atomic mass is 35.5. The fourth-order valence-electron chi connectivity index (χ4n) is 1.59. The van der Waals surface area contributed by atoms with Gasteiger partial charge in [-0.15, -0.1) is 0 Å². The smallest absolute Gasteiger partial charge is 0.0637 e. The van der Waals surface area contributed by atoms with Gasteiger partial charge in [0, 0.05) is 13.2 Å². The lowest BCUT2D eigenvalue weighted by molar-refractivity contribution is 0.283. The predicted octanol–water partition coefficient (Wildman–Crippen LogP) is 3.61. The largest absolute Gasteiger partial charge is 0.396 e. The molecule has 0 heterocycles. The maximum absolute atomic E-state index is 8.63. The van der Waals surface area contributed by atoms with Crippen LogP contribution in [0.3, 0.4) is 0 Å². The van der Waals surface area contributed by atoms with Crippen LogP contribution in [-0.4, -0.2) is 18.3 Å². The summed E-state index contributed by atoms with van der Waals surface area (Å²) in [5, 5.41) is 12.7.